The van der Waals surface area contributed by atoms with Gasteiger partial charge in [0.05, 0.1) is 90.2 Å². The topological polar surface area (TPSA) is 785 Å². The van der Waals surface area contributed by atoms with Gasteiger partial charge in [-0.2, -0.15) is 0 Å². The number of carbonyl (C=O) groups is 5. The fourth-order valence-corrected chi connectivity index (χ4v) is 15.5. The van der Waals surface area contributed by atoms with E-state index >= 15 is 0 Å². The minimum absolute atomic E-state index is 0.244. The Balaban J connectivity index is 1.03. The van der Waals surface area contributed by atoms with Crippen molar-refractivity contribution >= 4 is 30.1 Å². The second-order valence-electron chi connectivity index (χ2n) is 30.1. The first-order chi connectivity index (χ1) is 55.8. The lowest BCUT2D eigenvalue weighted by molar-refractivity contribution is -0.448. The van der Waals surface area contributed by atoms with E-state index in [1.165, 1.54) is 13.8 Å². The van der Waals surface area contributed by atoms with E-state index in [0.717, 1.165) is 27.7 Å². The molecule has 17 unspecified atom stereocenters. The molecule has 0 aromatic carbocycles. The van der Waals surface area contributed by atoms with E-state index in [4.69, 9.17) is 85.3 Å². The molecule has 28 N–H and O–H groups in total. The predicted molar refractivity (Wildman–Crippen MR) is 367 cm³/mol. The summed E-state index contributed by atoms with van der Waals surface area (Å²) in [5.74, 6) is -7.36. The Morgan fingerprint density at radius 3 is 1.17 bits per heavy atom. The molecule has 0 radical (unpaired) electrons. The largest absolute Gasteiger partial charge is 0.410 e. The number of nitrogens with one attached hydrogen (secondary N) is 4. The third kappa shape index (κ3) is 21.6. The van der Waals surface area contributed by atoms with Crippen molar-refractivity contribution in [3.8, 4) is 0 Å². The molecule has 0 aromatic heterocycles. The highest BCUT2D eigenvalue weighted by atomic mass is 16.9. The van der Waals surface area contributed by atoms with Crippen molar-refractivity contribution in [2.45, 2.75) is 324 Å². The third-order valence-electron chi connectivity index (χ3n) is 21.9. The molecule has 682 valence electrons. The van der Waals surface area contributed by atoms with Gasteiger partial charge in [-0.25, -0.2) is 0 Å². The molecule has 46 atom stereocenters. The van der Waals surface area contributed by atoms with Crippen LogP contribution in [0.25, 0.3) is 0 Å². The predicted octanol–water partition coefficient (Wildman–Crippen LogP) is -18.5. The Kier molecular flexibility index (Phi) is 35.2. The van der Waals surface area contributed by atoms with Crippen LogP contribution in [0.4, 0.5) is 0 Å². The lowest BCUT2D eigenvalue weighted by Gasteiger charge is -2.51. The Labute approximate surface area is 670 Å². The van der Waals surface area contributed by atoms with Crippen LogP contribution < -0.4 is 21.3 Å². The van der Waals surface area contributed by atoms with Crippen LogP contribution >= 0.6 is 0 Å². The van der Waals surface area contributed by atoms with Crippen molar-refractivity contribution in [3.05, 3.63) is 0 Å². The summed E-state index contributed by atoms with van der Waals surface area (Å²) >= 11 is 0. The highest BCUT2D eigenvalue weighted by Crippen LogP contribution is 2.43. The first-order valence-corrected chi connectivity index (χ1v) is 37.9. The average Bonchev–Trinajstić information content (AvgIpc) is 0.771. The van der Waals surface area contributed by atoms with E-state index in [0.29, 0.717) is 0 Å². The maximum atomic E-state index is 13.1. The monoisotopic (exact) mass is 1720 g/mol. The van der Waals surface area contributed by atoms with Crippen LogP contribution in [0, 0.1) is 5.92 Å². The number of carbonyl (C=O) groups excluding carboxylic acids is 5. The lowest BCUT2D eigenvalue weighted by atomic mass is 9.87. The third-order valence-corrected chi connectivity index (χ3v) is 21.9. The Bertz CT molecular complexity index is 3180. The van der Waals surface area contributed by atoms with Crippen molar-refractivity contribution in [2.75, 3.05) is 59.5 Å². The number of aliphatic hydroxyl groups is 24. The second-order valence-corrected chi connectivity index (χ2v) is 30.1. The molecule has 118 heavy (non-hydrogen) atoms. The number of amides is 4. The van der Waals surface area contributed by atoms with Crippen LogP contribution in [0.15, 0.2) is 0 Å². The Morgan fingerprint density at radius 1 is 0.381 bits per heavy atom. The van der Waals surface area contributed by atoms with E-state index in [9.17, 15) is 147 Å². The summed E-state index contributed by atoms with van der Waals surface area (Å²) in [5, 5.41) is 279. The molecule has 0 aromatic rings. The number of ether oxygens (including phenoxy) is 18. The SMILES string of the molecule is CC(=O)NC1C(O)[C@H](O[C@@H]2OC(CO)[C@H](O)[C@H](O[C@]3(OC=O)C[C@@H](O)[C@@H](C)C([C@H](O)[C@H](O)CO)O3)C2O)[C@H](CO)O[C@H]1OC1[C@@H](OCC2O[C@@H](O[C@@H]3C(CO)O[C@@H](O[C@@H]4C(CO)O[C@@H](C)C(NC(C)=O)[C@H]4O)C(NC(C)=O)[C@H]3O)C(O)[C@@H](O[C@H]3O[C@H](CO)[C@@H](O)C(O)C3O[C@@H]3OC(CO)[C@@H](O)[C@H](O)C3NC(C)=O)[C@@H]2O)OC(CO)[C@@H](O)[C@@H]1O. The number of hydrogen-bond donors (Lipinski definition) is 28. The van der Waals surface area contributed by atoms with Gasteiger partial charge in [0.15, 0.2) is 44.0 Å². The smallest absolute Gasteiger partial charge is 0.332 e. The van der Waals surface area contributed by atoms with Gasteiger partial charge < -0.3 is 229 Å². The molecule has 9 aliphatic heterocycles. The molecule has 9 heterocycles. The molecule has 51 heteroatoms. The van der Waals surface area contributed by atoms with Gasteiger partial charge >= 0.3 is 5.97 Å². The first kappa shape index (κ1) is 97.5. The minimum atomic E-state index is -2.87. The summed E-state index contributed by atoms with van der Waals surface area (Å²) in [6, 6.07) is -6.87. The fraction of sp³-hybridized carbons (Fsp3) is 0.925. The van der Waals surface area contributed by atoms with Crippen molar-refractivity contribution in [1.82, 2.24) is 21.3 Å². The summed E-state index contributed by atoms with van der Waals surface area (Å²) in [6.07, 6.45) is -82.7. The van der Waals surface area contributed by atoms with Crippen LogP contribution in [0.5, 0.6) is 0 Å². The zero-order valence-electron chi connectivity index (χ0n) is 64.3. The van der Waals surface area contributed by atoms with Crippen molar-refractivity contribution in [1.29, 1.82) is 0 Å². The van der Waals surface area contributed by atoms with Gasteiger partial charge in [0.2, 0.25) is 23.6 Å². The molecule has 0 bridgehead atoms. The quantitative estimate of drug-likeness (QED) is 0.0214. The molecule has 9 rings (SSSR count). The molecule has 9 fully saturated rings. The molecule has 4 amide bonds. The molecular weight excluding hydrogens is 1610 g/mol. The number of hydrogen-bond acceptors (Lipinski definition) is 47. The Morgan fingerprint density at radius 2 is 0.720 bits per heavy atom. The van der Waals surface area contributed by atoms with E-state index < -0.39 is 371 Å². The summed E-state index contributed by atoms with van der Waals surface area (Å²) in [6.45, 7) is -3.32. The van der Waals surface area contributed by atoms with Gasteiger partial charge in [-0.05, 0) is 6.92 Å². The maximum Gasteiger partial charge on any atom is 0.332 e. The minimum Gasteiger partial charge on any atom is -0.410 e. The van der Waals surface area contributed by atoms with E-state index in [1.807, 2.05) is 0 Å². The van der Waals surface area contributed by atoms with E-state index in [-0.39, 0.29) is 6.47 Å². The van der Waals surface area contributed by atoms with Crippen LogP contribution in [0.1, 0.15) is 48.0 Å². The van der Waals surface area contributed by atoms with Crippen LogP contribution in [-0.4, -0.2) is 488 Å². The number of rotatable bonds is 33. The second kappa shape index (κ2) is 42.6. The van der Waals surface area contributed by atoms with Gasteiger partial charge in [0.25, 0.3) is 6.47 Å². The molecule has 9 aliphatic rings. The fourth-order valence-electron chi connectivity index (χ4n) is 15.5. The van der Waals surface area contributed by atoms with Gasteiger partial charge in [-0.15, -0.1) is 0 Å². The van der Waals surface area contributed by atoms with Crippen molar-refractivity contribution < 1.29 is 232 Å². The lowest BCUT2D eigenvalue weighted by Crippen LogP contribution is -2.70. The molecule has 0 aliphatic carbocycles. The molecule has 51 nitrogen and oxygen atoms in total. The van der Waals surface area contributed by atoms with Crippen molar-refractivity contribution in [2.24, 2.45) is 5.92 Å². The summed E-state index contributed by atoms with van der Waals surface area (Å²) in [5.41, 5.74) is 0. The summed E-state index contributed by atoms with van der Waals surface area (Å²) in [4.78, 5) is 63.0. The zero-order valence-corrected chi connectivity index (χ0v) is 64.3. The number of aliphatic hydroxyl groups excluding tert-OH is 24. The Hall–Kier alpha value is -4.29. The highest BCUT2D eigenvalue weighted by molar-refractivity contribution is 5.74. The van der Waals surface area contributed by atoms with Gasteiger partial charge in [0.1, 0.15) is 201 Å². The molecular formula is C67H112N4O47. The zero-order chi connectivity index (χ0) is 87.1. The highest BCUT2D eigenvalue weighted by Gasteiger charge is 2.62. The van der Waals surface area contributed by atoms with Crippen LogP contribution in [0.3, 0.4) is 0 Å². The summed E-state index contributed by atoms with van der Waals surface area (Å²) in [7, 11) is 0. The van der Waals surface area contributed by atoms with Crippen molar-refractivity contribution in [3.63, 3.8) is 0 Å². The average molecular weight is 1730 g/mol. The van der Waals surface area contributed by atoms with Crippen LogP contribution in [0.2, 0.25) is 0 Å². The summed E-state index contributed by atoms with van der Waals surface area (Å²) < 4.78 is 107. The molecule has 0 saturated carbocycles. The molecule has 9 saturated heterocycles. The van der Waals surface area contributed by atoms with E-state index in [2.05, 4.69) is 21.3 Å². The van der Waals surface area contributed by atoms with Gasteiger partial charge in [-0.3, -0.25) is 24.0 Å². The van der Waals surface area contributed by atoms with Gasteiger partial charge in [0, 0.05) is 33.6 Å². The normalized spacial score (nSPS) is 47.5. The molecule has 0 spiro atoms. The maximum absolute atomic E-state index is 13.1. The van der Waals surface area contributed by atoms with Crippen LogP contribution in [-0.2, 0) is 109 Å². The van der Waals surface area contributed by atoms with Gasteiger partial charge in [-0.1, -0.05) is 6.92 Å². The first-order valence-electron chi connectivity index (χ1n) is 37.9. The standard InChI is InChI=1S/C67H112N4O47/c1-18-24(85)7-67(102-17-80,117-52(18)38(87)25(86)8-72)118-57-42(91)29(12-76)105-64(51(57)100)113-55-32(15-79)109-62(37(47(55)96)71-23(6)84)115-58-48(97)40(89)27(10-74)106-65(58)101-16-33-43(92)56(114-66-59(49(98)41(90)28(11-75)107-66)116-60-35(69-21(4)82)44(93)39(88)26(9-73)104-60)50(99)63(110-33)112-54-31(14-78)108-61(36(46(54)95)70-22(5)83)111-53-30(13-77)103-19(2)34(45(53)94)68-20(3)81/h17-19,24-66,72-79,85-100H,7-16H2,1-6H3,(H,68,81)(H,69,82)(H,70,83)(H,71,84)/t18-,19+,24-,25-,26?,27?,28-,29?,30?,31?,32+,33?,34?,35?,36?,37?,38-,39-,40-,41-,42+,43-,44-,45-,46-,47?,48+,49?,50?,51?,52?,53-,54-,55-,56+,57+,58?,59?,60+,61+,62+,63+,64+,65+,66-,67+/m1/s1. The van der Waals surface area contributed by atoms with E-state index in [1.54, 1.807) is 0 Å².